The molecule has 3 aromatic heterocycles. The fraction of sp³-hybridized carbons (Fsp3) is 0.273. The van der Waals surface area contributed by atoms with Crippen molar-refractivity contribution in [3.8, 4) is 22.6 Å². The van der Waals surface area contributed by atoms with Gasteiger partial charge in [0.1, 0.15) is 17.9 Å². The summed E-state index contributed by atoms with van der Waals surface area (Å²) >= 11 is 0. The van der Waals surface area contributed by atoms with Crippen LogP contribution in [-0.4, -0.2) is 37.8 Å². The van der Waals surface area contributed by atoms with Crippen LogP contribution >= 0.6 is 0 Å². The van der Waals surface area contributed by atoms with E-state index in [1.54, 1.807) is 23.5 Å². The van der Waals surface area contributed by atoms with Gasteiger partial charge in [-0.05, 0) is 25.1 Å². The third kappa shape index (κ3) is 3.06. The number of ether oxygens (including phenoxy) is 2. The molecule has 0 unspecified atom stereocenters. The fourth-order valence-electron chi connectivity index (χ4n) is 4.44. The summed E-state index contributed by atoms with van der Waals surface area (Å²) in [4.78, 5) is 7.74. The van der Waals surface area contributed by atoms with E-state index in [1.807, 2.05) is 0 Å². The van der Waals surface area contributed by atoms with E-state index in [0.717, 1.165) is 5.56 Å². The van der Waals surface area contributed by atoms with Gasteiger partial charge in [-0.25, -0.2) is 23.1 Å². The van der Waals surface area contributed by atoms with Crippen LogP contribution < -0.4 is 14.8 Å². The van der Waals surface area contributed by atoms with Crippen LogP contribution in [0.25, 0.3) is 16.8 Å². The van der Waals surface area contributed by atoms with Crippen LogP contribution in [0.1, 0.15) is 35.0 Å². The van der Waals surface area contributed by atoms with Gasteiger partial charge in [0.05, 0.1) is 19.1 Å². The number of anilines is 1. The van der Waals surface area contributed by atoms with Gasteiger partial charge in [0.15, 0.2) is 23.0 Å². The lowest BCUT2D eigenvalue weighted by Crippen LogP contribution is -2.13. The van der Waals surface area contributed by atoms with Crippen LogP contribution in [0.4, 0.5) is 19.0 Å². The van der Waals surface area contributed by atoms with Crippen LogP contribution in [0, 0.1) is 12.7 Å². The number of aromatic nitrogens is 5. The molecule has 0 saturated carbocycles. The molecule has 1 atom stereocenters. The van der Waals surface area contributed by atoms with Gasteiger partial charge in [0.25, 0.3) is 6.43 Å². The highest BCUT2D eigenvalue weighted by molar-refractivity contribution is 5.82. The lowest BCUT2D eigenvalue weighted by atomic mass is 9.96. The Hall–Kier alpha value is -3.89. The van der Waals surface area contributed by atoms with E-state index in [4.69, 9.17) is 9.47 Å². The molecule has 8 nitrogen and oxygen atoms in total. The topological polar surface area (TPSA) is 86.5 Å². The first-order valence-corrected chi connectivity index (χ1v) is 10.3. The maximum atomic E-state index is 14.7. The third-order valence-corrected chi connectivity index (χ3v) is 6.00. The average molecular weight is 454 g/mol. The van der Waals surface area contributed by atoms with Crippen molar-refractivity contribution in [3.63, 3.8) is 0 Å². The molecule has 168 valence electrons. The quantitative estimate of drug-likeness (QED) is 0.489. The molecule has 0 saturated heterocycles. The zero-order chi connectivity index (χ0) is 22.7. The molecule has 4 aromatic rings. The van der Waals surface area contributed by atoms with Crippen molar-refractivity contribution in [1.82, 2.24) is 24.6 Å². The van der Waals surface area contributed by atoms with Crippen molar-refractivity contribution in [2.75, 3.05) is 18.5 Å². The zero-order valence-corrected chi connectivity index (χ0v) is 17.3. The maximum absolute atomic E-state index is 14.7. The normalized spacial score (nSPS) is 16.8. The molecule has 0 bridgehead atoms. The molecule has 1 aromatic carbocycles. The lowest BCUT2D eigenvalue weighted by molar-refractivity contribution is 0.140. The van der Waals surface area contributed by atoms with Crippen molar-refractivity contribution in [1.29, 1.82) is 0 Å². The van der Waals surface area contributed by atoms with Crippen molar-refractivity contribution in [2.24, 2.45) is 0 Å². The molecule has 0 amide bonds. The maximum Gasteiger partial charge on any atom is 0.297 e. The molecular weight excluding hydrogens is 437 g/mol. The fourth-order valence-corrected chi connectivity index (χ4v) is 4.44. The second-order valence-electron chi connectivity index (χ2n) is 7.93. The largest absolute Gasteiger partial charge is 0.493 e. The van der Waals surface area contributed by atoms with Crippen LogP contribution in [0.3, 0.4) is 0 Å². The first-order chi connectivity index (χ1) is 16.0. The number of hydrogen-bond acceptors (Lipinski definition) is 7. The van der Waals surface area contributed by atoms with Gasteiger partial charge in [-0.2, -0.15) is 0 Å². The Morgan fingerprint density at radius 1 is 1.15 bits per heavy atom. The van der Waals surface area contributed by atoms with E-state index in [-0.39, 0.29) is 24.9 Å². The van der Waals surface area contributed by atoms with Gasteiger partial charge in [-0.1, -0.05) is 0 Å². The summed E-state index contributed by atoms with van der Waals surface area (Å²) in [5, 5.41) is 11.5. The Labute approximate surface area is 185 Å². The van der Waals surface area contributed by atoms with Gasteiger partial charge in [-0.3, -0.25) is 4.40 Å². The minimum absolute atomic E-state index is 0.131. The van der Waals surface area contributed by atoms with Crippen LogP contribution in [0.15, 0.2) is 30.7 Å². The molecule has 2 aliphatic heterocycles. The minimum Gasteiger partial charge on any atom is -0.493 e. The van der Waals surface area contributed by atoms with Crippen LogP contribution in [-0.2, 0) is 6.54 Å². The molecule has 11 heteroatoms. The number of pyridine rings is 1. The minimum atomic E-state index is -2.77. The van der Waals surface area contributed by atoms with E-state index in [2.05, 4.69) is 25.5 Å². The molecule has 1 N–H and O–H groups in total. The predicted octanol–water partition coefficient (Wildman–Crippen LogP) is 4.05. The number of halogens is 3. The number of benzene rings is 1. The number of nitrogens with one attached hydrogen (secondary N) is 1. The van der Waals surface area contributed by atoms with Gasteiger partial charge < -0.3 is 14.8 Å². The second-order valence-corrected chi connectivity index (χ2v) is 7.93. The summed E-state index contributed by atoms with van der Waals surface area (Å²) in [5.41, 5.74) is 3.29. The van der Waals surface area contributed by atoms with Gasteiger partial charge >= 0.3 is 0 Å². The molecule has 5 heterocycles. The van der Waals surface area contributed by atoms with Crippen LogP contribution in [0.5, 0.6) is 11.5 Å². The highest BCUT2D eigenvalue weighted by Crippen LogP contribution is 2.42. The molecular formula is C22H17F3N6O2. The standard InChI is InChI=1S/C22H17F3N6O2/c1-10-13(5-26-20(29-10)19(24)25)12-4-17-22(31-9-28-30-21(12)31)27-6-14-15(23)2-3-16-18(14)11(7-32-16)8-33-17/h2-5,9,11,19,27H,6-8H2,1H3/t11-/m1/s1. The number of aryl methyl sites for hydroxylation is 1. The van der Waals surface area contributed by atoms with Crippen LogP contribution in [0.2, 0.25) is 0 Å². The number of hydrogen-bond donors (Lipinski definition) is 1. The molecule has 0 aliphatic carbocycles. The first-order valence-electron chi connectivity index (χ1n) is 10.3. The number of nitrogens with zero attached hydrogens (tertiary/aromatic N) is 5. The Bertz CT molecular complexity index is 1410. The monoisotopic (exact) mass is 454 g/mol. The van der Waals surface area contributed by atoms with E-state index < -0.39 is 12.2 Å². The van der Waals surface area contributed by atoms with E-state index >= 15 is 0 Å². The summed E-state index contributed by atoms with van der Waals surface area (Å²) in [6.07, 6.45) is 0.0967. The molecule has 0 spiro atoms. The summed E-state index contributed by atoms with van der Waals surface area (Å²) in [5.74, 6) is 0.717. The lowest BCUT2D eigenvalue weighted by Gasteiger charge is -2.17. The molecule has 2 aliphatic rings. The molecule has 6 rings (SSSR count). The number of fused-ring (bicyclic) bond motifs is 3. The molecule has 0 fully saturated rings. The number of rotatable bonds is 2. The van der Waals surface area contributed by atoms with Crippen molar-refractivity contribution in [2.45, 2.75) is 25.8 Å². The Balaban J connectivity index is 1.49. The highest BCUT2D eigenvalue weighted by atomic mass is 19.3. The Morgan fingerprint density at radius 2 is 1.97 bits per heavy atom. The Kier molecular flexibility index (Phi) is 4.39. The third-order valence-electron chi connectivity index (χ3n) is 6.00. The summed E-state index contributed by atoms with van der Waals surface area (Å²) in [7, 11) is 0. The SMILES string of the molecule is Cc1nc(C(F)F)ncc1-c1cc2c(n3cnnc13)NCc1c(F)ccc3c1[C@H](CO3)CO2. The second kappa shape index (κ2) is 7.32. The van der Waals surface area contributed by atoms with E-state index in [1.165, 1.54) is 18.6 Å². The average Bonchev–Trinajstić information content (AvgIpc) is 3.45. The Morgan fingerprint density at radius 3 is 2.76 bits per heavy atom. The smallest absolute Gasteiger partial charge is 0.297 e. The summed E-state index contributed by atoms with van der Waals surface area (Å²) in [6, 6.07) is 4.80. The van der Waals surface area contributed by atoms with Gasteiger partial charge in [-0.15, -0.1) is 10.2 Å². The van der Waals surface area contributed by atoms with Crippen molar-refractivity contribution < 1.29 is 22.6 Å². The van der Waals surface area contributed by atoms with Gasteiger partial charge in [0.2, 0.25) is 0 Å². The van der Waals surface area contributed by atoms with Crippen molar-refractivity contribution in [3.05, 3.63) is 59.2 Å². The van der Waals surface area contributed by atoms with Gasteiger partial charge in [0, 0.05) is 40.7 Å². The first kappa shape index (κ1) is 19.8. The molecule has 0 radical (unpaired) electrons. The summed E-state index contributed by atoms with van der Waals surface area (Å²) < 4.78 is 54.4. The predicted molar refractivity (Wildman–Crippen MR) is 111 cm³/mol. The zero-order valence-electron chi connectivity index (χ0n) is 17.3. The van der Waals surface area contributed by atoms with E-state index in [9.17, 15) is 13.2 Å². The van der Waals surface area contributed by atoms with E-state index in [0.29, 0.717) is 52.0 Å². The number of alkyl halides is 2. The molecule has 33 heavy (non-hydrogen) atoms. The van der Waals surface area contributed by atoms with Crippen molar-refractivity contribution >= 4 is 11.5 Å². The highest BCUT2D eigenvalue weighted by Gasteiger charge is 2.32. The summed E-state index contributed by atoms with van der Waals surface area (Å²) in [6.45, 7) is 2.51.